The molecule has 4 heteroatoms. The van der Waals surface area contributed by atoms with Crippen molar-refractivity contribution < 1.29 is 9.53 Å². The number of hydrogen-bond donors (Lipinski definition) is 0. The Morgan fingerprint density at radius 3 is 1.42 bits per heavy atom. The van der Waals surface area contributed by atoms with Crippen molar-refractivity contribution in [2.75, 3.05) is 13.3 Å². The molecule has 0 aliphatic carbocycles. The summed E-state index contributed by atoms with van der Waals surface area (Å²) in [5, 5.41) is 0.622. The first kappa shape index (κ1) is 18.8. The molecule has 134 valence electrons. The molecule has 2 nitrogen and oxygen atoms in total. The Morgan fingerprint density at radius 1 is 0.769 bits per heavy atom. The van der Waals surface area contributed by atoms with Crippen LogP contribution in [0.15, 0.2) is 91.0 Å². The van der Waals surface area contributed by atoms with E-state index in [-0.39, 0.29) is 5.97 Å². The van der Waals surface area contributed by atoms with Gasteiger partial charge in [0, 0.05) is 0 Å². The van der Waals surface area contributed by atoms with E-state index in [9.17, 15) is 4.79 Å². The van der Waals surface area contributed by atoms with Crippen molar-refractivity contribution in [1.29, 1.82) is 0 Å². The fourth-order valence-electron chi connectivity index (χ4n) is 3.45. The molecule has 3 aromatic rings. The predicted molar refractivity (Wildman–Crippen MR) is 116 cm³/mol. The first-order valence-corrected chi connectivity index (χ1v) is 13.0. The zero-order chi connectivity index (χ0) is 18.5. The molecule has 0 fully saturated rings. The van der Waals surface area contributed by atoms with E-state index in [0.717, 1.165) is 0 Å². The predicted octanol–water partition coefficient (Wildman–Crippen LogP) is 4.39. The van der Waals surface area contributed by atoms with Crippen LogP contribution in [0.1, 0.15) is 6.42 Å². The second-order valence-electron chi connectivity index (χ2n) is 6.24. The molecular formula is C22H22BrO2P. The molecule has 0 atom stereocenters. The molecule has 0 bridgehead atoms. The van der Waals surface area contributed by atoms with Crippen LogP contribution in [0.25, 0.3) is 0 Å². The monoisotopic (exact) mass is 428 g/mol. The summed E-state index contributed by atoms with van der Waals surface area (Å²) in [6, 6.07) is 31.4. The third kappa shape index (κ3) is 3.22. The quantitative estimate of drug-likeness (QED) is 0.429. The zero-order valence-corrected chi connectivity index (χ0v) is 17.2. The summed E-state index contributed by atoms with van der Waals surface area (Å²) in [4.78, 5) is 12.1. The van der Waals surface area contributed by atoms with Gasteiger partial charge >= 0.3 is 163 Å². The van der Waals surface area contributed by atoms with E-state index in [4.69, 9.17) is 4.74 Å². The van der Waals surface area contributed by atoms with Crippen LogP contribution in [-0.4, -0.2) is 19.2 Å². The summed E-state index contributed by atoms with van der Waals surface area (Å²) in [6.45, 7) is 0. The second-order valence-corrected chi connectivity index (χ2v) is 15.3. The number of hydrogen-bond acceptors (Lipinski definition) is 2. The summed E-state index contributed by atoms with van der Waals surface area (Å²) < 4.78 is 4.96. The van der Waals surface area contributed by atoms with Crippen LogP contribution in [0.2, 0.25) is 0 Å². The van der Waals surface area contributed by atoms with Gasteiger partial charge in [0.15, 0.2) is 0 Å². The Bertz CT molecular complexity index is 767. The average Bonchev–Trinajstić information content (AvgIpc) is 2.74. The molecule has 0 N–H and O–H groups in total. The van der Waals surface area contributed by atoms with Crippen LogP contribution in [-0.2, 0) is 9.53 Å². The van der Waals surface area contributed by atoms with Gasteiger partial charge in [-0.3, -0.25) is 0 Å². The summed E-state index contributed by atoms with van der Waals surface area (Å²) in [6.07, 6.45) is 1.01. The fourth-order valence-corrected chi connectivity index (χ4v) is 10.8. The summed E-state index contributed by atoms with van der Waals surface area (Å²) in [7, 11) is 1.44. The van der Waals surface area contributed by atoms with Crippen molar-refractivity contribution in [3.8, 4) is 0 Å². The van der Waals surface area contributed by atoms with Gasteiger partial charge in [0.2, 0.25) is 0 Å². The third-order valence-electron chi connectivity index (χ3n) is 4.85. The topological polar surface area (TPSA) is 26.3 Å². The van der Waals surface area contributed by atoms with Gasteiger partial charge in [0.05, 0.1) is 0 Å². The zero-order valence-electron chi connectivity index (χ0n) is 14.7. The molecule has 0 aromatic heterocycles. The minimum atomic E-state index is -3.00. The SMILES string of the molecule is COC(=O)CCP(Br)(c1ccccc1)(c1ccccc1)c1ccccc1. The maximum atomic E-state index is 12.1. The number of rotatable bonds is 6. The van der Waals surface area contributed by atoms with Gasteiger partial charge in [-0.25, -0.2) is 0 Å². The van der Waals surface area contributed by atoms with Gasteiger partial charge in [0.1, 0.15) is 0 Å². The molecule has 0 radical (unpaired) electrons. The number of esters is 1. The van der Waals surface area contributed by atoms with Crippen LogP contribution in [0, 0.1) is 0 Å². The molecule has 0 aliphatic heterocycles. The van der Waals surface area contributed by atoms with E-state index in [1.807, 2.05) is 18.2 Å². The Kier molecular flexibility index (Phi) is 5.60. The Labute approximate surface area is 162 Å². The van der Waals surface area contributed by atoms with E-state index >= 15 is 0 Å². The molecule has 3 aromatic carbocycles. The molecule has 3 rings (SSSR count). The Morgan fingerprint density at radius 2 is 1.12 bits per heavy atom. The third-order valence-corrected chi connectivity index (χ3v) is 14.8. The van der Waals surface area contributed by atoms with Crippen LogP contribution in [0.3, 0.4) is 0 Å². The van der Waals surface area contributed by atoms with Crippen LogP contribution < -0.4 is 15.9 Å². The van der Waals surface area contributed by atoms with Gasteiger partial charge in [0.25, 0.3) is 0 Å². The van der Waals surface area contributed by atoms with Crippen molar-refractivity contribution in [3.63, 3.8) is 0 Å². The average molecular weight is 429 g/mol. The molecule has 0 amide bonds. The minimum absolute atomic E-state index is 0.193. The van der Waals surface area contributed by atoms with Gasteiger partial charge in [-0.2, -0.15) is 0 Å². The normalized spacial score (nSPS) is 12.8. The van der Waals surface area contributed by atoms with E-state index in [1.165, 1.54) is 23.0 Å². The molecule has 0 unspecified atom stereocenters. The van der Waals surface area contributed by atoms with Crippen molar-refractivity contribution >= 4 is 42.7 Å². The van der Waals surface area contributed by atoms with Crippen LogP contribution in [0.5, 0.6) is 0 Å². The molecule has 0 heterocycles. The number of methoxy groups -OCH3 is 1. The molecule has 0 aliphatic rings. The summed E-state index contributed by atoms with van der Waals surface area (Å²) >= 11 is 4.30. The van der Waals surface area contributed by atoms with Crippen LogP contribution in [0.4, 0.5) is 0 Å². The van der Waals surface area contributed by atoms with E-state index in [1.54, 1.807) is 0 Å². The van der Waals surface area contributed by atoms with Crippen LogP contribution >= 0.6 is 20.8 Å². The van der Waals surface area contributed by atoms with E-state index < -0.39 is 5.31 Å². The number of carbonyl (C=O) groups is 1. The van der Waals surface area contributed by atoms with Crippen molar-refractivity contribution in [2.45, 2.75) is 6.42 Å². The second kappa shape index (κ2) is 7.73. The van der Waals surface area contributed by atoms with Gasteiger partial charge in [-0.15, -0.1) is 0 Å². The fraction of sp³-hybridized carbons (Fsp3) is 0.136. The van der Waals surface area contributed by atoms with E-state index in [2.05, 4.69) is 88.3 Å². The Balaban J connectivity index is 2.33. The maximum absolute atomic E-state index is 12.1. The standard InChI is InChI=1S/C22H22BrO2P/c1-25-22(24)17-18-26(23,19-11-5-2-6-12-19,20-13-7-3-8-14-20)21-15-9-4-10-16-21/h2-16H,17-18H2,1H3. The number of benzene rings is 3. The summed E-state index contributed by atoms with van der Waals surface area (Å²) in [5.41, 5.74) is 0. The number of carbonyl (C=O) groups excluding carboxylic acids is 1. The Hall–Kier alpha value is -1.96. The number of ether oxygens (including phenoxy) is 1. The van der Waals surface area contributed by atoms with Gasteiger partial charge < -0.3 is 0 Å². The van der Waals surface area contributed by atoms with Gasteiger partial charge in [-0.05, 0) is 0 Å². The van der Waals surface area contributed by atoms with Crippen molar-refractivity contribution in [1.82, 2.24) is 0 Å². The molecule has 0 spiro atoms. The van der Waals surface area contributed by atoms with E-state index in [0.29, 0.717) is 12.6 Å². The van der Waals surface area contributed by atoms with Crippen molar-refractivity contribution in [2.24, 2.45) is 0 Å². The summed E-state index contributed by atoms with van der Waals surface area (Å²) in [5.74, 6) is -0.193. The first-order chi connectivity index (χ1) is 12.6. The van der Waals surface area contributed by atoms with Gasteiger partial charge in [-0.1, -0.05) is 0 Å². The number of halogens is 1. The van der Waals surface area contributed by atoms with Crippen molar-refractivity contribution in [3.05, 3.63) is 91.0 Å². The molecular weight excluding hydrogens is 407 g/mol. The molecule has 0 saturated heterocycles. The molecule has 26 heavy (non-hydrogen) atoms. The first-order valence-electron chi connectivity index (χ1n) is 8.56. The molecule has 0 saturated carbocycles.